The zero-order valence-electron chi connectivity index (χ0n) is 9.99. The first-order valence-corrected chi connectivity index (χ1v) is 7.11. The van der Waals surface area contributed by atoms with Gasteiger partial charge in [0.2, 0.25) is 0 Å². The predicted octanol–water partition coefficient (Wildman–Crippen LogP) is 2.89. The molecule has 2 nitrogen and oxygen atoms in total. The zero-order valence-corrected chi connectivity index (χ0v) is 10.8. The van der Waals surface area contributed by atoms with Gasteiger partial charge in [0.1, 0.15) is 0 Å². The highest BCUT2D eigenvalue weighted by Gasteiger charge is 2.27. The summed E-state index contributed by atoms with van der Waals surface area (Å²) in [6, 6.07) is 1.25. The summed E-state index contributed by atoms with van der Waals surface area (Å²) >= 11 is 1.90. The Labute approximate surface area is 97.3 Å². The van der Waals surface area contributed by atoms with Crippen LogP contribution < -0.4 is 5.32 Å². The summed E-state index contributed by atoms with van der Waals surface area (Å²) in [5.74, 6) is 2.83. The predicted molar refractivity (Wildman–Crippen MR) is 68.5 cm³/mol. The minimum atomic E-state index is 0.547. The fourth-order valence-corrected chi connectivity index (χ4v) is 3.30. The molecule has 0 amide bonds. The van der Waals surface area contributed by atoms with Gasteiger partial charge in [-0.3, -0.25) is 4.99 Å². The van der Waals surface area contributed by atoms with Crippen LogP contribution in [0, 0.1) is 11.8 Å². The van der Waals surface area contributed by atoms with Crippen LogP contribution in [0.25, 0.3) is 0 Å². The van der Waals surface area contributed by atoms with Gasteiger partial charge in [-0.25, -0.2) is 0 Å². The molecule has 0 saturated heterocycles. The maximum absolute atomic E-state index is 4.80. The van der Waals surface area contributed by atoms with Crippen molar-refractivity contribution in [2.24, 2.45) is 16.8 Å². The number of amidine groups is 1. The monoisotopic (exact) mass is 226 g/mol. The second-order valence-corrected chi connectivity index (χ2v) is 6.38. The van der Waals surface area contributed by atoms with Crippen LogP contribution in [0.1, 0.15) is 40.0 Å². The highest BCUT2D eigenvalue weighted by molar-refractivity contribution is 8.13. The molecule has 0 aromatic heterocycles. The number of hydrogen-bond donors (Lipinski definition) is 1. The van der Waals surface area contributed by atoms with Crippen LogP contribution in [-0.4, -0.2) is 23.0 Å². The first-order valence-electron chi connectivity index (χ1n) is 6.12. The van der Waals surface area contributed by atoms with Crippen LogP contribution >= 0.6 is 11.8 Å². The topological polar surface area (TPSA) is 24.4 Å². The Morgan fingerprint density at radius 2 is 2.13 bits per heavy atom. The number of aliphatic imine (C=N–C) groups is 1. The molecule has 1 aliphatic heterocycles. The SMILES string of the molecule is CC1CC(NC2=NC(C(C)C)CCS2)C1. The smallest absolute Gasteiger partial charge is 0.157 e. The summed E-state index contributed by atoms with van der Waals surface area (Å²) in [5.41, 5.74) is 0. The lowest BCUT2D eigenvalue weighted by Gasteiger charge is -2.35. The molecular formula is C12H22N2S. The van der Waals surface area contributed by atoms with Crippen LogP contribution in [0.3, 0.4) is 0 Å². The van der Waals surface area contributed by atoms with E-state index in [4.69, 9.17) is 4.99 Å². The lowest BCUT2D eigenvalue weighted by atomic mass is 9.82. The van der Waals surface area contributed by atoms with E-state index in [1.54, 1.807) is 0 Å². The first-order chi connectivity index (χ1) is 7.15. The third kappa shape index (κ3) is 2.90. The lowest BCUT2D eigenvalue weighted by Crippen LogP contribution is -2.43. The molecule has 0 aromatic rings. The van der Waals surface area contributed by atoms with Gasteiger partial charge in [0.15, 0.2) is 5.17 Å². The third-order valence-corrected chi connectivity index (χ3v) is 4.34. The molecule has 2 rings (SSSR count). The van der Waals surface area contributed by atoms with Crippen molar-refractivity contribution in [1.29, 1.82) is 0 Å². The van der Waals surface area contributed by atoms with Crippen LogP contribution in [0.5, 0.6) is 0 Å². The van der Waals surface area contributed by atoms with E-state index in [2.05, 4.69) is 26.1 Å². The number of thioether (sulfide) groups is 1. The van der Waals surface area contributed by atoms with Gasteiger partial charge in [-0.2, -0.15) is 0 Å². The molecule has 0 radical (unpaired) electrons. The number of hydrogen-bond acceptors (Lipinski definition) is 3. The Bertz CT molecular complexity index is 244. The summed E-state index contributed by atoms with van der Waals surface area (Å²) in [6.07, 6.45) is 3.90. The van der Waals surface area contributed by atoms with Crippen molar-refractivity contribution in [2.45, 2.75) is 52.1 Å². The quantitative estimate of drug-likeness (QED) is 0.783. The highest BCUT2D eigenvalue weighted by Crippen LogP contribution is 2.28. The van der Waals surface area contributed by atoms with Crippen LogP contribution in [-0.2, 0) is 0 Å². The molecule has 1 fully saturated rings. The van der Waals surface area contributed by atoms with Gasteiger partial charge in [0, 0.05) is 11.8 Å². The molecule has 1 aliphatic carbocycles. The summed E-state index contributed by atoms with van der Waals surface area (Å²) in [5, 5.41) is 4.79. The molecule has 1 atom stereocenters. The Morgan fingerprint density at radius 3 is 2.73 bits per heavy atom. The van der Waals surface area contributed by atoms with Gasteiger partial charge in [-0.1, -0.05) is 32.5 Å². The second kappa shape index (κ2) is 4.77. The highest BCUT2D eigenvalue weighted by atomic mass is 32.2. The van der Waals surface area contributed by atoms with Crippen molar-refractivity contribution in [3.05, 3.63) is 0 Å². The van der Waals surface area contributed by atoms with E-state index in [0.717, 1.165) is 5.92 Å². The Balaban J connectivity index is 1.85. The summed E-state index contributed by atoms with van der Waals surface area (Å²) in [7, 11) is 0. The van der Waals surface area contributed by atoms with Gasteiger partial charge in [-0.15, -0.1) is 0 Å². The van der Waals surface area contributed by atoms with E-state index < -0.39 is 0 Å². The average molecular weight is 226 g/mol. The largest absolute Gasteiger partial charge is 0.362 e. The number of rotatable bonds is 2. The van der Waals surface area contributed by atoms with Crippen LogP contribution in [0.15, 0.2) is 4.99 Å². The van der Waals surface area contributed by atoms with Gasteiger partial charge < -0.3 is 5.32 Å². The molecule has 86 valence electrons. The average Bonchev–Trinajstić information content (AvgIpc) is 2.16. The van der Waals surface area contributed by atoms with Crippen molar-refractivity contribution in [3.63, 3.8) is 0 Å². The Hall–Kier alpha value is -0.180. The zero-order chi connectivity index (χ0) is 10.8. The Kier molecular flexibility index (Phi) is 3.60. The maximum Gasteiger partial charge on any atom is 0.157 e. The molecule has 15 heavy (non-hydrogen) atoms. The normalized spacial score (nSPS) is 36.0. The van der Waals surface area contributed by atoms with Crippen molar-refractivity contribution in [3.8, 4) is 0 Å². The minimum Gasteiger partial charge on any atom is -0.362 e. The van der Waals surface area contributed by atoms with E-state index in [9.17, 15) is 0 Å². The molecule has 0 aromatic carbocycles. The van der Waals surface area contributed by atoms with Crippen LogP contribution in [0.2, 0.25) is 0 Å². The number of nitrogens with one attached hydrogen (secondary N) is 1. The molecule has 3 heteroatoms. The molecular weight excluding hydrogens is 204 g/mol. The van der Waals surface area contributed by atoms with Gasteiger partial charge in [0.05, 0.1) is 6.04 Å². The summed E-state index contributed by atoms with van der Waals surface area (Å²) in [6.45, 7) is 6.87. The maximum atomic E-state index is 4.80. The Morgan fingerprint density at radius 1 is 1.40 bits per heavy atom. The first kappa shape index (κ1) is 11.3. The second-order valence-electron chi connectivity index (χ2n) is 5.30. The van der Waals surface area contributed by atoms with E-state index in [1.807, 2.05) is 11.8 Å². The summed E-state index contributed by atoms with van der Waals surface area (Å²) in [4.78, 5) is 4.80. The van der Waals surface area contributed by atoms with Crippen molar-refractivity contribution in [1.82, 2.24) is 5.32 Å². The molecule has 1 N–H and O–H groups in total. The molecule has 0 spiro atoms. The fraction of sp³-hybridized carbons (Fsp3) is 0.917. The van der Waals surface area contributed by atoms with Crippen molar-refractivity contribution >= 4 is 16.9 Å². The van der Waals surface area contributed by atoms with Crippen molar-refractivity contribution in [2.75, 3.05) is 5.75 Å². The van der Waals surface area contributed by atoms with Gasteiger partial charge >= 0.3 is 0 Å². The molecule has 2 aliphatic rings. The molecule has 1 heterocycles. The van der Waals surface area contributed by atoms with Gasteiger partial charge in [-0.05, 0) is 31.1 Å². The number of nitrogens with zero attached hydrogens (tertiary/aromatic N) is 1. The third-order valence-electron chi connectivity index (χ3n) is 3.41. The van der Waals surface area contributed by atoms with E-state index >= 15 is 0 Å². The molecule has 0 bridgehead atoms. The standard InChI is InChI=1S/C12H22N2S/c1-8(2)11-4-5-15-12(14-11)13-10-6-9(3)7-10/h8-11H,4-7H2,1-3H3,(H,13,14). The minimum absolute atomic E-state index is 0.547. The summed E-state index contributed by atoms with van der Waals surface area (Å²) < 4.78 is 0. The van der Waals surface area contributed by atoms with E-state index in [0.29, 0.717) is 18.0 Å². The fourth-order valence-electron chi connectivity index (χ4n) is 2.28. The van der Waals surface area contributed by atoms with E-state index in [-0.39, 0.29) is 0 Å². The molecule has 1 saturated carbocycles. The van der Waals surface area contributed by atoms with E-state index in [1.165, 1.54) is 30.2 Å². The van der Waals surface area contributed by atoms with Gasteiger partial charge in [0.25, 0.3) is 0 Å². The van der Waals surface area contributed by atoms with Crippen molar-refractivity contribution < 1.29 is 0 Å². The lowest BCUT2D eigenvalue weighted by molar-refractivity contribution is 0.268. The molecule has 1 unspecified atom stereocenters. The van der Waals surface area contributed by atoms with Crippen LogP contribution in [0.4, 0.5) is 0 Å².